The molecule has 0 saturated heterocycles. The second-order valence-electron chi connectivity index (χ2n) is 4.32. The van der Waals surface area contributed by atoms with Crippen LogP contribution in [0.25, 0.3) is 0 Å². The minimum Gasteiger partial charge on any atom is -0.508 e. The van der Waals surface area contributed by atoms with Gasteiger partial charge < -0.3 is 15.5 Å². The van der Waals surface area contributed by atoms with E-state index >= 15 is 0 Å². The molecule has 0 bridgehead atoms. The van der Waals surface area contributed by atoms with Crippen LogP contribution in [0.4, 0.5) is 5.69 Å². The fraction of sp³-hybridized carbons (Fsp3) is 0.0667. The average Bonchev–Trinajstić information content (AvgIpc) is 2.43. The topological polar surface area (TPSA) is 86.6 Å². The Kier molecular flexibility index (Phi) is 4.59. The molecule has 2 aromatic rings. The van der Waals surface area contributed by atoms with E-state index < -0.39 is 11.9 Å². The number of aromatic carboxylic acids is 1. The van der Waals surface area contributed by atoms with E-state index in [4.69, 9.17) is 5.11 Å². The summed E-state index contributed by atoms with van der Waals surface area (Å²) >= 11 is 3.22. The molecule has 0 aliphatic heterocycles. The number of phenolic OH excluding ortho intramolecular Hbond substituents is 1. The summed E-state index contributed by atoms with van der Waals surface area (Å²) in [6, 6.07) is 11.1. The predicted molar refractivity (Wildman–Crippen MR) is 81.5 cm³/mol. The SMILES string of the molecule is O=C(Cc1ccccc1O)Nc1c(Br)cccc1C(=O)O. The molecule has 0 aromatic heterocycles. The number of nitrogens with one attached hydrogen (secondary N) is 1. The van der Waals surface area contributed by atoms with Crippen LogP contribution >= 0.6 is 15.9 Å². The van der Waals surface area contributed by atoms with E-state index in [1.54, 1.807) is 30.3 Å². The predicted octanol–water partition coefficient (Wildman–Crippen LogP) is 3.03. The smallest absolute Gasteiger partial charge is 0.337 e. The largest absolute Gasteiger partial charge is 0.508 e. The lowest BCUT2D eigenvalue weighted by Gasteiger charge is -2.11. The number of anilines is 1. The molecule has 108 valence electrons. The van der Waals surface area contributed by atoms with Crippen molar-refractivity contribution in [2.45, 2.75) is 6.42 Å². The molecule has 0 unspecified atom stereocenters. The monoisotopic (exact) mass is 349 g/mol. The van der Waals surface area contributed by atoms with E-state index in [0.29, 0.717) is 10.0 Å². The molecule has 0 aliphatic carbocycles. The van der Waals surface area contributed by atoms with Gasteiger partial charge in [0.2, 0.25) is 5.91 Å². The van der Waals surface area contributed by atoms with Gasteiger partial charge in [0.1, 0.15) is 5.75 Å². The third-order valence-electron chi connectivity index (χ3n) is 2.85. The third-order valence-corrected chi connectivity index (χ3v) is 3.51. The van der Waals surface area contributed by atoms with Crippen molar-refractivity contribution in [3.05, 3.63) is 58.1 Å². The van der Waals surface area contributed by atoms with Gasteiger partial charge in [0.25, 0.3) is 0 Å². The second kappa shape index (κ2) is 6.41. The Morgan fingerprint density at radius 1 is 1.10 bits per heavy atom. The molecule has 0 saturated carbocycles. The Morgan fingerprint density at radius 3 is 2.48 bits per heavy atom. The van der Waals surface area contributed by atoms with E-state index in [2.05, 4.69) is 21.2 Å². The molecule has 0 radical (unpaired) electrons. The number of hydrogen-bond acceptors (Lipinski definition) is 3. The Labute approximate surface area is 129 Å². The van der Waals surface area contributed by atoms with E-state index in [0.717, 1.165) is 0 Å². The van der Waals surface area contributed by atoms with Gasteiger partial charge in [-0.2, -0.15) is 0 Å². The summed E-state index contributed by atoms with van der Waals surface area (Å²) in [5.41, 5.74) is 0.666. The normalized spacial score (nSPS) is 10.1. The minimum absolute atomic E-state index is 0.00462. The summed E-state index contributed by atoms with van der Waals surface area (Å²) in [4.78, 5) is 23.2. The number of carbonyl (C=O) groups is 2. The van der Waals surface area contributed by atoms with Crippen molar-refractivity contribution >= 4 is 33.5 Å². The van der Waals surface area contributed by atoms with Crippen LogP contribution in [0.1, 0.15) is 15.9 Å². The number of hydrogen-bond donors (Lipinski definition) is 3. The van der Waals surface area contributed by atoms with Crippen molar-refractivity contribution in [3.8, 4) is 5.75 Å². The molecule has 0 spiro atoms. The number of carbonyl (C=O) groups excluding carboxylic acids is 1. The first kappa shape index (κ1) is 15.1. The zero-order chi connectivity index (χ0) is 15.4. The van der Waals surface area contributed by atoms with E-state index in [-0.39, 0.29) is 23.4 Å². The molecular weight excluding hydrogens is 338 g/mol. The first-order chi connectivity index (χ1) is 9.99. The highest BCUT2D eigenvalue weighted by molar-refractivity contribution is 9.10. The van der Waals surface area contributed by atoms with Gasteiger partial charge >= 0.3 is 5.97 Å². The fourth-order valence-corrected chi connectivity index (χ4v) is 2.31. The maximum Gasteiger partial charge on any atom is 0.337 e. The lowest BCUT2D eigenvalue weighted by Crippen LogP contribution is -2.17. The third kappa shape index (κ3) is 3.61. The average molecular weight is 350 g/mol. The molecule has 5 nitrogen and oxygen atoms in total. The van der Waals surface area contributed by atoms with Crippen LogP contribution in [0.15, 0.2) is 46.9 Å². The summed E-state index contributed by atoms with van der Waals surface area (Å²) in [7, 11) is 0. The number of phenols is 1. The highest BCUT2D eigenvalue weighted by Crippen LogP contribution is 2.27. The highest BCUT2D eigenvalue weighted by atomic mass is 79.9. The van der Waals surface area contributed by atoms with Gasteiger partial charge in [0, 0.05) is 10.0 Å². The fourth-order valence-electron chi connectivity index (χ4n) is 1.85. The molecule has 0 atom stereocenters. The second-order valence-corrected chi connectivity index (χ2v) is 5.18. The number of carboxylic acid groups (broad SMARTS) is 1. The van der Waals surface area contributed by atoms with Gasteiger partial charge in [-0.1, -0.05) is 24.3 Å². The van der Waals surface area contributed by atoms with Crippen molar-refractivity contribution in [1.29, 1.82) is 0 Å². The first-order valence-electron chi connectivity index (χ1n) is 6.07. The van der Waals surface area contributed by atoms with Gasteiger partial charge in [0.15, 0.2) is 0 Å². The molecule has 2 rings (SSSR count). The summed E-state index contributed by atoms with van der Waals surface area (Å²) in [6.07, 6.45) is -0.0485. The zero-order valence-corrected chi connectivity index (χ0v) is 12.4. The van der Waals surface area contributed by atoms with Gasteiger partial charge in [-0.25, -0.2) is 4.79 Å². The number of halogens is 1. The van der Waals surface area contributed by atoms with E-state index in [9.17, 15) is 14.7 Å². The Bertz CT molecular complexity index is 700. The molecular formula is C15H12BrNO4. The number of para-hydroxylation sites is 2. The first-order valence-corrected chi connectivity index (χ1v) is 6.87. The molecule has 0 aliphatic rings. The number of amides is 1. The Morgan fingerprint density at radius 2 is 1.81 bits per heavy atom. The number of rotatable bonds is 4. The van der Waals surface area contributed by atoms with Crippen LogP contribution < -0.4 is 5.32 Å². The number of benzene rings is 2. The quantitative estimate of drug-likeness (QED) is 0.791. The van der Waals surface area contributed by atoms with Crippen molar-refractivity contribution in [3.63, 3.8) is 0 Å². The van der Waals surface area contributed by atoms with E-state index in [1.807, 2.05) is 0 Å². The summed E-state index contributed by atoms with van der Waals surface area (Å²) in [5, 5.41) is 21.3. The van der Waals surface area contributed by atoms with Crippen molar-refractivity contribution in [2.24, 2.45) is 0 Å². The minimum atomic E-state index is -1.13. The zero-order valence-electron chi connectivity index (χ0n) is 10.8. The molecule has 1 amide bonds. The van der Waals surface area contributed by atoms with Gasteiger partial charge in [-0.15, -0.1) is 0 Å². The molecule has 0 fully saturated rings. The molecule has 2 aromatic carbocycles. The molecule has 0 heterocycles. The summed E-state index contributed by atoms with van der Waals surface area (Å²) < 4.78 is 0.480. The highest BCUT2D eigenvalue weighted by Gasteiger charge is 2.16. The van der Waals surface area contributed by atoms with Crippen molar-refractivity contribution in [1.82, 2.24) is 0 Å². The van der Waals surface area contributed by atoms with Crippen LogP contribution in [0.5, 0.6) is 5.75 Å². The van der Waals surface area contributed by atoms with Crippen LogP contribution in [-0.4, -0.2) is 22.1 Å². The molecule has 3 N–H and O–H groups in total. The Hall–Kier alpha value is -2.34. The van der Waals surface area contributed by atoms with Crippen LogP contribution in [0.2, 0.25) is 0 Å². The van der Waals surface area contributed by atoms with Crippen molar-refractivity contribution < 1.29 is 19.8 Å². The number of carboxylic acids is 1. The van der Waals surface area contributed by atoms with Gasteiger partial charge in [0.05, 0.1) is 17.7 Å². The number of aromatic hydroxyl groups is 1. The molecule has 21 heavy (non-hydrogen) atoms. The van der Waals surface area contributed by atoms with Crippen LogP contribution in [-0.2, 0) is 11.2 Å². The van der Waals surface area contributed by atoms with Crippen molar-refractivity contribution in [2.75, 3.05) is 5.32 Å². The summed E-state index contributed by atoms with van der Waals surface area (Å²) in [5.74, 6) is -1.52. The lowest BCUT2D eigenvalue weighted by molar-refractivity contribution is -0.115. The van der Waals surface area contributed by atoms with Gasteiger partial charge in [-0.05, 0) is 34.1 Å². The van der Waals surface area contributed by atoms with Crippen LogP contribution in [0, 0.1) is 0 Å². The lowest BCUT2D eigenvalue weighted by atomic mass is 10.1. The van der Waals surface area contributed by atoms with Crippen LogP contribution in [0.3, 0.4) is 0 Å². The van der Waals surface area contributed by atoms with E-state index in [1.165, 1.54) is 12.1 Å². The molecule has 6 heteroatoms. The standard InChI is InChI=1S/C15H12BrNO4/c16-11-6-3-5-10(15(20)21)14(11)17-13(19)8-9-4-1-2-7-12(9)18/h1-7,18H,8H2,(H,17,19)(H,20,21). The van der Waals surface area contributed by atoms with Gasteiger partial charge in [-0.3, -0.25) is 4.79 Å². The summed E-state index contributed by atoms with van der Waals surface area (Å²) in [6.45, 7) is 0. The Balaban J connectivity index is 2.21. The maximum absolute atomic E-state index is 12.0. The maximum atomic E-state index is 12.0.